The lowest BCUT2D eigenvalue weighted by Crippen LogP contribution is -2.16. The standard InChI is InChI=1S/C14H15N5S2/c1-10-17-6-12(21-10)8-19(2)7-11-9-20-14(18-11)13-15-4-3-5-16-13/h3-6,9H,7-8H2,1-2H3. The first-order valence-corrected chi connectivity index (χ1v) is 8.22. The fraction of sp³-hybridized carbons (Fsp3) is 0.286. The minimum absolute atomic E-state index is 0.689. The van der Waals surface area contributed by atoms with Gasteiger partial charge in [0.05, 0.1) is 10.7 Å². The van der Waals surface area contributed by atoms with Crippen LogP contribution >= 0.6 is 22.7 Å². The van der Waals surface area contributed by atoms with Crippen LogP contribution in [0.3, 0.4) is 0 Å². The van der Waals surface area contributed by atoms with E-state index >= 15 is 0 Å². The summed E-state index contributed by atoms with van der Waals surface area (Å²) in [6.45, 7) is 3.72. The largest absolute Gasteiger partial charge is 0.295 e. The predicted molar refractivity (Wildman–Crippen MR) is 85.2 cm³/mol. The van der Waals surface area contributed by atoms with Crippen LogP contribution in [0.15, 0.2) is 30.0 Å². The van der Waals surface area contributed by atoms with Crippen LogP contribution in [0.5, 0.6) is 0 Å². The number of nitrogens with zero attached hydrogens (tertiary/aromatic N) is 5. The Hall–Kier alpha value is -1.70. The summed E-state index contributed by atoms with van der Waals surface area (Å²) in [4.78, 5) is 20.9. The molecule has 0 aliphatic carbocycles. The van der Waals surface area contributed by atoms with E-state index in [9.17, 15) is 0 Å². The molecule has 0 spiro atoms. The van der Waals surface area contributed by atoms with Gasteiger partial charge in [-0.25, -0.2) is 19.9 Å². The molecule has 3 aromatic heterocycles. The third-order valence-electron chi connectivity index (χ3n) is 2.84. The molecule has 0 fully saturated rings. The zero-order valence-electron chi connectivity index (χ0n) is 11.9. The fourth-order valence-electron chi connectivity index (χ4n) is 1.97. The third-order valence-corrected chi connectivity index (χ3v) is 4.62. The monoisotopic (exact) mass is 317 g/mol. The van der Waals surface area contributed by atoms with E-state index in [1.807, 2.05) is 19.2 Å². The van der Waals surface area contributed by atoms with Crippen LogP contribution in [0.2, 0.25) is 0 Å². The molecule has 3 aromatic rings. The van der Waals surface area contributed by atoms with Crippen LogP contribution in [0.4, 0.5) is 0 Å². The quantitative estimate of drug-likeness (QED) is 0.724. The molecule has 3 rings (SSSR count). The molecule has 0 unspecified atom stereocenters. The van der Waals surface area contributed by atoms with Crippen molar-refractivity contribution < 1.29 is 0 Å². The van der Waals surface area contributed by atoms with Crippen LogP contribution in [-0.4, -0.2) is 31.9 Å². The van der Waals surface area contributed by atoms with Gasteiger partial charge in [0.15, 0.2) is 10.8 Å². The van der Waals surface area contributed by atoms with Crippen molar-refractivity contribution in [2.75, 3.05) is 7.05 Å². The van der Waals surface area contributed by atoms with E-state index in [-0.39, 0.29) is 0 Å². The van der Waals surface area contributed by atoms with Crippen LogP contribution in [0, 0.1) is 6.92 Å². The van der Waals surface area contributed by atoms with Crippen molar-refractivity contribution in [1.29, 1.82) is 0 Å². The summed E-state index contributed by atoms with van der Waals surface area (Å²) >= 11 is 3.32. The smallest absolute Gasteiger partial charge is 0.188 e. The van der Waals surface area contributed by atoms with Gasteiger partial charge in [-0.05, 0) is 20.0 Å². The molecule has 108 valence electrons. The lowest BCUT2D eigenvalue weighted by atomic mass is 10.4. The molecule has 3 heterocycles. The van der Waals surface area contributed by atoms with Gasteiger partial charge in [0.2, 0.25) is 0 Å². The molecular formula is C14H15N5S2. The molecule has 0 saturated heterocycles. The molecule has 0 aliphatic heterocycles. The summed E-state index contributed by atoms with van der Waals surface area (Å²) in [6.07, 6.45) is 5.42. The molecule has 7 heteroatoms. The van der Waals surface area contributed by atoms with Crippen molar-refractivity contribution in [3.63, 3.8) is 0 Å². The maximum absolute atomic E-state index is 4.61. The van der Waals surface area contributed by atoms with Crippen LogP contribution < -0.4 is 0 Å². The number of hydrogen-bond acceptors (Lipinski definition) is 7. The third kappa shape index (κ3) is 3.69. The van der Waals surface area contributed by atoms with E-state index in [0.29, 0.717) is 5.82 Å². The minimum atomic E-state index is 0.689. The summed E-state index contributed by atoms with van der Waals surface area (Å²) in [7, 11) is 2.09. The summed E-state index contributed by atoms with van der Waals surface area (Å²) in [6, 6.07) is 1.81. The summed E-state index contributed by atoms with van der Waals surface area (Å²) in [5.74, 6) is 0.689. The van der Waals surface area contributed by atoms with Gasteiger partial charge in [0.25, 0.3) is 0 Å². The van der Waals surface area contributed by atoms with Gasteiger partial charge in [-0.15, -0.1) is 22.7 Å². The van der Waals surface area contributed by atoms with Crippen LogP contribution in [0.1, 0.15) is 15.6 Å². The number of hydrogen-bond donors (Lipinski definition) is 0. The average Bonchev–Trinajstić information content (AvgIpc) is 3.09. The molecule has 0 aliphatic rings. The zero-order chi connectivity index (χ0) is 14.7. The fourth-order valence-corrected chi connectivity index (χ4v) is 3.60. The van der Waals surface area contributed by atoms with Crippen LogP contribution in [0.25, 0.3) is 10.8 Å². The molecule has 0 bridgehead atoms. The Kier molecular flexibility index (Phi) is 4.33. The average molecular weight is 317 g/mol. The maximum Gasteiger partial charge on any atom is 0.188 e. The van der Waals surface area contributed by atoms with Crippen molar-refractivity contribution in [2.24, 2.45) is 0 Å². The lowest BCUT2D eigenvalue weighted by Gasteiger charge is -2.13. The Labute approximate surface area is 131 Å². The van der Waals surface area contributed by atoms with Gasteiger partial charge < -0.3 is 0 Å². The van der Waals surface area contributed by atoms with E-state index in [2.05, 4.69) is 37.3 Å². The number of thiazole rings is 2. The SMILES string of the molecule is Cc1ncc(CN(C)Cc2csc(-c3ncccn3)n2)s1. The van der Waals surface area contributed by atoms with E-state index < -0.39 is 0 Å². The highest BCUT2D eigenvalue weighted by Crippen LogP contribution is 2.21. The number of aromatic nitrogens is 4. The van der Waals surface area contributed by atoms with E-state index in [4.69, 9.17) is 0 Å². The number of aryl methyl sites for hydroxylation is 1. The van der Waals surface area contributed by atoms with Gasteiger partial charge in [0, 0.05) is 41.9 Å². The van der Waals surface area contributed by atoms with Crippen LogP contribution in [-0.2, 0) is 13.1 Å². The van der Waals surface area contributed by atoms with Gasteiger partial charge in [0.1, 0.15) is 0 Å². The van der Waals surface area contributed by atoms with Crippen molar-refractivity contribution in [1.82, 2.24) is 24.8 Å². The Balaban J connectivity index is 1.64. The molecule has 0 aromatic carbocycles. The lowest BCUT2D eigenvalue weighted by molar-refractivity contribution is 0.318. The van der Waals surface area contributed by atoms with Gasteiger partial charge in [-0.3, -0.25) is 4.90 Å². The van der Waals surface area contributed by atoms with Gasteiger partial charge in [-0.2, -0.15) is 0 Å². The summed E-state index contributed by atoms with van der Waals surface area (Å²) in [5, 5.41) is 4.04. The Morgan fingerprint density at radius 1 is 1.14 bits per heavy atom. The Morgan fingerprint density at radius 2 is 1.95 bits per heavy atom. The summed E-state index contributed by atoms with van der Waals surface area (Å²) < 4.78 is 0. The second kappa shape index (κ2) is 6.38. The van der Waals surface area contributed by atoms with Gasteiger partial charge >= 0.3 is 0 Å². The molecule has 0 atom stereocenters. The highest BCUT2D eigenvalue weighted by Gasteiger charge is 2.10. The van der Waals surface area contributed by atoms with Crippen molar-refractivity contribution in [2.45, 2.75) is 20.0 Å². The molecule has 0 radical (unpaired) electrons. The summed E-state index contributed by atoms with van der Waals surface area (Å²) in [5.41, 5.74) is 1.05. The van der Waals surface area contributed by atoms with E-state index in [1.54, 1.807) is 35.1 Å². The highest BCUT2D eigenvalue weighted by molar-refractivity contribution is 7.13. The Bertz CT molecular complexity index is 707. The normalized spacial score (nSPS) is 11.2. The van der Waals surface area contributed by atoms with Crippen molar-refractivity contribution in [3.05, 3.63) is 45.6 Å². The van der Waals surface area contributed by atoms with E-state index in [0.717, 1.165) is 28.8 Å². The second-order valence-corrected chi connectivity index (χ2v) is 6.91. The molecule has 0 saturated carbocycles. The zero-order valence-corrected chi connectivity index (χ0v) is 13.5. The minimum Gasteiger partial charge on any atom is -0.295 e. The first kappa shape index (κ1) is 14.2. The van der Waals surface area contributed by atoms with Crippen molar-refractivity contribution >= 4 is 22.7 Å². The highest BCUT2D eigenvalue weighted by atomic mass is 32.1. The molecule has 0 N–H and O–H groups in total. The predicted octanol–water partition coefficient (Wildman–Crippen LogP) is 3.00. The second-order valence-electron chi connectivity index (χ2n) is 4.73. The van der Waals surface area contributed by atoms with E-state index in [1.165, 1.54) is 4.88 Å². The molecular weight excluding hydrogens is 302 g/mol. The molecule has 5 nitrogen and oxygen atoms in total. The van der Waals surface area contributed by atoms with Crippen molar-refractivity contribution in [3.8, 4) is 10.8 Å². The molecule has 0 amide bonds. The first-order valence-electron chi connectivity index (χ1n) is 6.52. The Morgan fingerprint density at radius 3 is 2.67 bits per heavy atom. The topological polar surface area (TPSA) is 54.8 Å². The van der Waals surface area contributed by atoms with Gasteiger partial charge in [-0.1, -0.05) is 0 Å². The molecule has 21 heavy (non-hydrogen) atoms. The first-order chi connectivity index (χ1) is 10.2. The number of rotatable bonds is 5. The maximum atomic E-state index is 4.61.